The van der Waals surface area contributed by atoms with Crippen molar-refractivity contribution < 1.29 is 28.5 Å². The summed E-state index contributed by atoms with van der Waals surface area (Å²) in [5.41, 5.74) is -1.24. The monoisotopic (exact) mass is 272 g/mol. The van der Waals surface area contributed by atoms with Gasteiger partial charge in [0.2, 0.25) is 0 Å². The van der Waals surface area contributed by atoms with Gasteiger partial charge in [0.25, 0.3) is 0 Å². The summed E-state index contributed by atoms with van der Waals surface area (Å²) in [6, 6.07) is 5.00. The number of hydrogen-bond donors (Lipinski definition) is 2. The van der Waals surface area contributed by atoms with Gasteiger partial charge in [-0.15, -0.1) is 0 Å². The number of hydrogen-bond acceptors (Lipinski definition) is 3. The highest BCUT2D eigenvalue weighted by Crippen LogP contribution is 2.40. The molecule has 4 nitrogen and oxygen atoms in total. The van der Waals surface area contributed by atoms with Crippen molar-refractivity contribution in [2.24, 2.45) is 0 Å². The van der Waals surface area contributed by atoms with E-state index in [1.165, 1.54) is 7.11 Å². The predicted octanol–water partition coefficient (Wildman–Crippen LogP) is 1.63. The quantitative estimate of drug-likeness (QED) is 0.877. The van der Waals surface area contributed by atoms with Crippen LogP contribution >= 0.6 is 0 Å². The topological polar surface area (TPSA) is 66.8 Å². The zero-order valence-corrected chi connectivity index (χ0v) is 10.3. The van der Waals surface area contributed by atoms with E-state index in [0.29, 0.717) is 11.3 Å². The molecule has 104 valence electrons. The molecule has 2 rings (SSSR count). The van der Waals surface area contributed by atoms with Crippen LogP contribution in [0.15, 0.2) is 18.2 Å². The molecule has 0 spiro atoms. The minimum atomic E-state index is -4.17. The molecule has 0 bridgehead atoms. The number of carboxylic acid groups (broad SMARTS) is 1. The number of methoxy groups -OCH3 is 1. The average Bonchev–Trinajstić information content (AvgIpc) is 2.37. The molecule has 1 aliphatic rings. The second kappa shape index (κ2) is 4.45. The molecule has 0 heterocycles. The summed E-state index contributed by atoms with van der Waals surface area (Å²) in [4.78, 5) is 10.6. The first-order valence-corrected chi connectivity index (χ1v) is 5.79. The van der Waals surface area contributed by atoms with E-state index in [-0.39, 0.29) is 12.8 Å². The maximum Gasteiger partial charge on any atom is 0.377 e. The van der Waals surface area contributed by atoms with Gasteiger partial charge in [-0.3, -0.25) is 0 Å². The highest BCUT2D eigenvalue weighted by atomic mass is 19.3. The zero-order valence-electron chi connectivity index (χ0n) is 10.3. The summed E-state index contributed by atoms with van der Waals surface area (Å²) in [7, 11) is 1.45. The Morgan fingerprint density at radius 1 is 1.42 bits per heavy atom. The fourth-order valence-corrected chi connectivity index (χ4v) is 2.35. The zero-order chi connectivity index (χ0) is 14.3. The summed E-state index contributed by atoms with van der Waals surface area (Å²) in [6.45, 7) is 0. The fraction of sp³-hybridized carbons (Fsp3) is 0.462. The molecular formula is C13H14F2O4. The van der Waals surface area contributed by atoms with Crippen LogP contribution in [-0.4, -0.2) is 34.8 Å². The van der Waals surface area contributed by atoms with E-state index in [0.717, 1.165) is 5.56 Å². The maximum absolute atomic E-state index is 13.6. The van der Waals surface area contributed by atoms with Crippen molar-refractivity contribution in [1.29, 1.82) is 0 Å². The molecule has 1 aliphatic carbocycles. The molecule has 0 aliphatic heterocycles. The molecule has 0 fully saturated rings. The summed E-state index contributed by atoms with van der Waals surface area (Å²) in [5, 5.41) is 18.6. The molecule has 1 atom stereocenters. The van der Waals surface area contributed by atoms with Gasteiger partial charge in [-0.05, 0) is 36.1 Å². The van der Waals surface area contributed by atoms with Crippen LogP contribution in [0.4, 0.5) is 8.78 Å². The molecule has 0 saturated carbocycles. The molecule has 1 aromatic carbocycles. The Morgan fingerprint density at radius 3 is 2.68 bits per heavy atom. The van der Waals surface area contributed by atoms with Crippen molar-refractivity contribution in [3.63, 3.8) is 0 Å². The Balaban J connectivity index is 2.37. The third-order valence-corrected chi connectivity index (χ3v) is 3.56. The normalized spacial score (nSPS) is 22.7. The molecule has 0 aromatic heterocycles. The number of benzene rings is 1. The molecule has 19 heavy (non-hydrogen) atoms. The van der Waals surface area contributed by atoms with Crippen molar-refractivity contribution in [2.45, 2.75) is 30.8 Å². The Hall–Kier alpha value is -1.69. The third-order valence-electron chi connectivity index (χ3n) is 3.56. The number of aliphatic carboxylic acids is 1. The van der Waals surface area contributed by atoms with Crippen molar-refractivity contribution in [3.8, 4) is 5.75 Å². The van der Waals surface area contributed by atoms with Crippen LogP contribution in [0.2, 0.25) is 0 Å². The summed E-state index contributed by atoms with van der Waals surface area (Å²) in [5.74, 6) is -5.99. The lowest BCUT2D eigenvalue weighted by atomic mass is 9.76. The van der Waals surface area contributed by atoms with Crippen LogP contribution in [-0.2, 0) is 17.6 Å². The highest BCUT2D eigenvalue weighted by Gasteiger charge is 2.59. The molecular weight excluding hydrogens is 258 g/mol. The van der Waals surface area contributed by atoms with E-state index >= 15 is 0 Å². The van der Waals surface area contributed by atoms with E-state index in [4.69, 9.17) is 9.84 Å². The van der Waals surface area contributed by atoms with Gasteiger partial charge in [-0.2, -0.15) is 8.78 Å². The van der Waals surface area contributed by atoms with E-state index in [1.807, 2.05) is 0 Å². The van der Waals surface area contributed by atoms with Gasteiger partial charge in [0.15, 0.2) is 0 Å². The van der Waals surface area contributed by atoms with Gasteiger partial charge in [-0.25, -0.2) is 4.79 Å². The molecule has 1 unspecified atom stereocenters. The van der Waals surface area contributed by atoms with Gasteiger partial charge in [0.1, 0.15) is 11.4 Å². The first kappa shape index (κ1) is 13.7. The first-order chi connectivity index (χ1) is 8.80. The van der Waals surface area contributed by atoms with E-state index in [9.17, 15) is 18.7 Å². The number of alkyl halides is 2. The number of aliphatic hydroxyl groups is 1. The largest absolute Gasteiger partial charge is 0.497 e. The Morgan fingerprint density at radius 2 is 2.11 bits per heavy atom. The van der Waals surface area contributed by atoms with E-state index in [2.05, 4.69) is 0 Å². The standard InChI is InChI=1S/C13H14F2O4/c1-19-10-3-2-8-4-5-12(18,7-9(8)6-10)13(14,15)11(16)17/h2-3,6,18H,4-5,7H2,1H3,(H,16,17). The lowest BCUT2D eigenvalue weighted by Crippen LogP contribution is -2.56. The SMILES string of the molecule is COc1ccc2c(c1)CC(O)(C(F)(F)C(=O)O)CC2. The smallest absolute Gasteiger partial charge is 0.377 e. The van der Waals surface area contributed by atoms with Crippen molar-refractivity contribution in [3.05, 3.63) is 29.3 Å². The average molecular weight is 272 g/mol. The van der Waals surface area contributed by atoms with Crippen LogP contribution in [0, 0.1) is 0 Å². The number of ether oxygens (including phenoxy) is 1. The van der Waals surface area contributed by atoms with Crippen molar-refractivity contribution >= 4 is 5.97 Å². The van der Waals surface area contributed by atoms with Crippen LogP contribution < -0.4 is 4.74 Å². The number of halogens is 2. The summed E-state index contributed by atoms with van der Waals surface area (Å²) >= 11 is 0. The minimum absolute atomic E-state index is 0.207. The van der Waals surface area contributed by atoms with Gasteiger partial charge in [-0.1, -0.05) is 6.07 Å². The van der Waals surface area contributed by atoms with Gasteiger partial charge < -0.3 is 14.9 Å². The number of aryl methyl sites for hydroxylation is 1. The molecule has 0 radical (unpaired) electrons. The number of carboxylic acids is 1. The minimum Gasteiger partial charge on any atom is -0.497 e. The van der Waals surface area contributed by atoms with Crippen LogP contribution in [0.5, 0.6) is 5.75 Å². The molecule has 1 aromatic rings. The lowest BCUT2D eigenvalue weighted by molar-refractivity contribution is -0.211. The van der Waals surface area contributed by atoms with Crippen molar-refractivity contribution in [2.75, 3.05) is 7.11 Å². The van der Waals surface area contributed by atoms with E-state index < -0.39 is 23.9 Å². The Kier molecular flexibility index (Phi) is 3.22. The van der Waals surface area contributed by atoms with Crippen LogP contribution in [0.3, 0.4) is 0 Å². The van der Waals surface area contributed by atoms with Crippen LogP contribution in [0.1, 0.15) is 17.5 Å². The lowest BCUT2D eigenvalue weighted by Gasteiger charge is -2.37. The second-order valence-electron chi connectivity index (χ2n) is 4.72. The maximum atomic E-state index is 13.6. The predicted molar refractivity (Wildman–Crippen MR) is 62.6 cm³/mol. The molecule has 6 heteroatoms. The van der Waals surface area contributed by atoms with Gasteiger partial charge in [0.05, 0.1) is 7.11 Å². The van der Waals surface area contributed by atoms with Gasteiger partial charge in [0, 0.05) is 6.42 Å². The molecule has 0 saturated heterocycles. The Labute approximate surface area is 108 Å². The molecule has 2 N–H and O–H groups in total. The van der Waals surface area contributed by atoms with Crippen LogP contribution in [0.25, 0.3) is 0 Å². The Bertz CT molecular complexity index is 515. The summed E-state index contributed by atoms with van der Waals surface area (Å²) < 4.78 is 32.2. The number of fused-ring (bicyclic) bond motifs is 1. The van der Waals surface area contributed by atoms with Crippen molar-refractivity contribution in [1.82, 2.24) is 0 Å². The highest BCUT2D eigenvalue weighted by molar-refractivity contribution is 5.77. The second-order valence-corrected chi connectivity index (χ2v) is 4.72. The number of carbonyl (C=O) groups is 1. The molecule has 0 amide bonds. The van der Waals surface area contributed by atoms with E-state index in [1.54, 1.807) is 18.2 Å². The number of rotatable bonds is 3. The first-order valence-electron chi connectivity index (χ1n) is 5.79. The summed E-state index contributed by atoms with van der Waals surface area (Å²) in [6.07, 6.45) is -0.483. The van der Waals surface area contributed by atoms with Gasteiger partial charge >= 0.3 is 11.9 Å². The third kappa shape index (κ3) is 2.16. The fourth-order valence-electron chi connectivity index (χ4n) is 2.35.